The Labute approximate surface area is 205 Å². The second kappa shape index (κ2) is 10.3. The number of para-hydroxylation sites is 1. The summed E-state index contributed by atoms with van der Waals surface area (Å²) >= 11 is 13.6. The molecule has 3 aromatic carbocycles. The van der Waals surface area contributed by atoms with Gasteiger partial charge in [0.25, 0.3) is 0 Å². The summed E-state index contributed by atoms with van der Waals surface area (Å²) in [5.41, 5.74) is 3.31. The maximum absolute atomic E-state index is 12.6. The molecule has 0 unspecified atom stereocenters. The van der Waals surface area contributed by atoms with Crippen molar-refractivity contribution in [1.29, 1.82) is 0 Å². The zero-order valence-corrected chi connectivity index (χ0v) is 20.2. The summed E-state index contributed by atoms with van der Waals surface area (Å²) in [6.45, 7) is 2.03. The first kappa shape index (κ1) is 23.2. The minimum Gasteiger partial charge on any atom is -0.497 e. The van der Waals surface area contributed by atoms with Crippen LogP contribution in [0.5, 0.6) is 5.75 Å². The number of methoxy groups -OCH3 is 1. The summed E-state index contributed by atoms with van der Waals surface area (Å²) in [6.07, 6.45) is 0. The zero-order valence-electron chi connectivity index (χ0n) is 17.9. The second-order valence-electron chi connectivity index (χ2n) is 7.14. The average Bonchev–Trinajstić information content (AvgIpc) is 3.24. The summed E-state index contributed by atoms with van der Waals surface area (Å²) in [6, 6.07) is 20.7. The van der Waals surface area contributed by atoms with E-state index in [9.17, 15) is 4.79 Å². The number of nitrogens with zero attached hydrogens (tertiary/aromatic N) is 3. The Morgan fingerprint density at radius 3 is 2.30 bits per heavy atom. The Balaban J connectivity index is 1.61. The van der Waals surface area contributed by atoms with E-state index in [1.165, 1.54) is 11.8 Å². The zero-order chi connectivity index (χ0) is 23.4. The van der Waals surface area contributed by atoms with Crippen LogP contribution in [-0.4, -0.2) is 33.5 Å². The van der Waals surface area contributed by atoms with Crippen LogP contribution in [0, 0.1) is 6.92 Å². The topological polar surface area (TPSA) is 69.0 Å². The molecule has 168 valence electrons. The molecule has 1 heterocycles. The van der Waals surface area contributed by atoms with Gasteiger partial charge in [-0.1, -0.05) is 58.7 Å². The monoisotopic (exact) mass is 498 g/mol. The fourth-order valence-corrected chi connectivity index (χ4v) is 4.38. The number of anilines is 1. The molecule has 0 atom stereocenters. The predicted octanol–water partition coefficient (Wildman–Crippen LogP) is 6.29. The Kier molecular flexibility index (Phi) is 7.23. The highest BCUT2D eigenvalue weighted by Gasteiger charge is 2.18. The highest BCUT2D eigenvalue weighted by molar-refractivity contribution is 7.99. The number of amides is 1. The van der Waals surface area contributed by atoms with E-state index in [0.717, 1.165) is 22.6 Å². The normalized spacial score (nSPS) is 10.8. The van der Waals surface area contributed by atoms with Crippen LogP contribution in [0.2, 0.25) is 10.0 Å². The van der Waals surface area contributed by atoms with E-state index in [1.807, 2.05) is 60.0 Å². The minimum atomic E-state index is -0.251. The first-order chi connectivity index (χ1) is 16.0. The molecular formula is C24H20Cl2N4O2S. The largest absolute Gasteiger partial charge is 0.497 e. The average molecular weight is 499 g/mol. The number of carbonyl (C=O) groups is 1. The number of halogens is 2. The van der Waals surface area contributed by atoms with Crippen LogP contribution in [0.3, 0.4) is 0 Å². The quantitative estimate of drug-likeness (QED) is 0.303. The van der Waals surface area contributed by atoms with Gasteiger partial charge in [-0.05, 0) is 55.5 Å². The lowest BCUT2D eigenvalue weighted by Crippen LogP contribution is -2.15. The third kappa shape index (κ3) is 5.33. The van der Waals surface area contributed by atoms with Crippen LogP contribution in [0.4, 0.5) is 5.69 Å². The van der Waals surface area contributed by atoms with Gasteiger partial charge in [0.1, 0.15) is 5.75 Å². The van der Waals surface area contributed by atoms with Crippen molar-refractivity contribution in [2.45, 2.75) is 12.1 Å². The molecule has 1 N–H and O–H groups in total. The van der Waals surface area contributed by atoms with E-state index >= 15 is 0 Å². The number of hydrogen-bond donors (Lipinski definition) is 1. The molecule has 0 spiro atoms. The lowest BCUT2D eigenvalue weighted by atomic mass is 10.2. The Morgan fingerprint density at radius 1 is 1.00 bits per heavy atom. The fourth-order valence-electron chi connectivity index (χ4n) is 3.14. The summed E-state index contributed by atoms with van der Waals surface area (Å²) in [7, 11) is 1.62. The third-order valence-corrected chi connectivity index (χ3v) is 6.39. The molecule has 4 rings (SSSR count). The van der Waals surface area contributed by atoms with Gasteiger partial charge in [0.2, 0.25) is 5.91 Å². The van der Waals surface area contributed by atoms with E-state index in [-0.39, 0.29) is 11.7 Å². The fraction of sp³-hybridized carbons (Fsp3) is 0.125. The maximum atomic E-state index is 12.6. The van der Waals surface area contributed by atoms with E-state index in [1.54, 1.807) is 25.3 Å². The summed E-state index contributed by atoms with van der Waals surface area (Å²) in [5, 5.41) is 12.9. The lowest BCUT2D eigenvalue weighted by molar-refractivity contribution is -0.113. The molecule has 1 amide bonds. The van der Waals surface area contributed by atoms with Crippen LogP contribution < -0.4 is 10.1 Å². The molecule has 6 nitrogen and oxygen atoms in total. The smallest absolute Gasteiger partial charge is 0.234 e. The number of hydrogen-bond acceptors (Lipinski definition) is 5. The Bertz CT molecular complexity index is 1250. The van der Waals surface area contributed by atoms with Crippen molar-refractivity contribution in [1.82, 2.24) is 14.8 Å². The van der Waals surface area contributed by atoms with Crippen LogP contribution in [0.1, 0.15) is 5.56 Å². The van der Waals surface area contributed by atoms with Crippen LogP contribution >= 0.6 is 35.0 Å². The van der Waals surface area contributed by atoms with Gasteiger partial charge in [0.05, 0.1) is 28.6 Å². The third-order valence-electron chi connectivity index (χ3n) is 4.83. The van der Waals surface area contributed by atoms with E-state index < -0.39 is 0 Å². The van der Waals surface area contributed by atoms with Crippen molar-refractivity contribution in [2.75, 3.05) is 18.2 Å². The molecule has 4 aromatic rings. The molecule has 0 aliphatic heterocycles. The van der Waals surface area contributed by atoms with E-state index in [2.05, 4.69) is 15.5 Å². The molecule has 33 heavy (non-hydrogen) atoms. The van der Waals surface area contributed by atoms with Crippen molar-refractivity contribution in [2.24, 2.45) is 0 Å². The number of benzene rings is 3. The predicted molar refractivity (Wildman–Crippen MR) is 134 cm³/mol. The van der Waals surface area contributed by atoms with Gasteiger partial charge in [0.15, 0.2) is 11.0 Å². The van der Waals surface area contributed by atoms with Crippen molar-refractivity contribution < 1.29 is 9.53 Å². The van der Waals surface area contributed by atoms with Crippen molar-refractivity contribution in [3.8, 4) is 22.8 Å². The SMILES string of the molecule is COc1ccc(-c2nnc(SCC(=O)Nc3c(Cl)cccc3Cl)n2-c2ccc(C)cc2)cc1. The molecule has 0 aliphatic rings. The standard InChI is InChI=1S/C24H20Cl2N4O2S/c1-15-6-10-17(11-7-15)30-23(16-8-12-18(32-2)13-9-16)28-29-24(30)33-14-21(31)27-22-19(25)4-3-5-20(22)26/h3-13H,14H2,1-2H3,(H,27,31). The number of ether oxygens (including phenoxy) is 1. The first-order valence-corrected chi connectivity index (χ1v) is 11.7. The lowest BCUT2D eigenvalue weighted by Gasteiger charge is -2.12. The summed E-state index contributed by atoms with van der Waals surface area (Å²) < 4.78 is 7.19. The maximum Gasteiger partial charge on any atom is 0.234 e. The van der Waals surface area contributed by atoms with E-state index in [4.69, 9.17) is 27.9 Å². The van der Waals surface area contributed by atoms with Crippen molar-refractivity contribution in [3.05, 3.63) is 82.3 Å². The van der Waals surface area contributed by atoms with E-state index in [0.29, 0.717) is 26.7 Å². The molecule has 0 bridgehead atoms. The van der Waals surface area contributed by atoms with Crippen LogP contribution in [0.25, 0.3) is 17.1 Å². The van der Waals surface area contributed by atoms with Crippen molar-refractivity contribution >= 4 is 46.6 Å². The molecule has 0 saturated heterocycles. The number of aromatic nitrogens is 3. The van der Waals surface area contributed by atoms with Gasteiger partial charge >= 0.3 is 0 Å². The number of nitrogens with one attached hydrogen (secondary N) is 1. The minimum absolute atomic E-state index is 0.105. The van der Waals surface area contributed by atoms with Crippen molar-refractivity contribution in [3.63, 3.8) is 0 Å². The van der Waals surface area contributed by atoms with Gasteiger partial charge in [0, 0.05) is 11.3 Å². The molecule has 0 saturated carbocycles. The van der Waals surface area contributed by atoms with Gasteiger partial charge < -0.3 is 10.1 Å². The summed E-state index contributed by atoms with van der Waals surface area (Å²) in [5.74, 6) is 1.27. The Hall–Kier alpha value is -3.00. The van der Waals surface area contributed by atoms with Gasteiger partial charge in [-0.2, -0.15) is 0 Å². The number of thioether (sulfide) groups is 1. The number of rotatable bonds is 7. The summed E-state index contributed by atoms with van der Waals surface area (Å²) in [4.78, 5) is 12.6. The molecule has 1 aromatic heterocycles. The Morgan fingerprint density at radius 2 is 1.67 bits per heavy atom. The van der Waals surface area contributed by atoms with Gasteiger partial charge in [-0.3, -0.25) is 9.36 Å². The highest BCUT2D eigenvalue weighted by atomic mass is 35.5. The second-order valence-corrected chi connectivity index (χ2v) is 8.90. The van der Waals surface area contributed by atoms with Crippen LogP contribution in [-0.2, 0) is 4.79 Å². The number of aryl methyl sites for hydroxylation is 1. The molecular weight excluding hydrogens is 479 g/mol. The molecule has 0 radical (unpaired) electrons. The van der Waals surface area contributed by atoms with Gasteiger partial charge in [-0.15, -0.1) is 10.2 Å². The molecule has 0 aliphatic carbocycles. The highest BCUT2D eigenvalue weighted by Crippen LogP contribution is 2.31. The number of carbonyl (C=O) groups excluding carboxylic acids is 1. The first-order valence-electron chi connectivity index (χ1n) is 10.00. The van der Waals surface area contributed by atoms with Gasteiger partial charge in [-0.25, -0.2) is 0 Å². The molecule has 0 fully saturated rings. The van der Waals surface area contributed by atoms with Crippen LogP contribution in [0.15, 0.2) is 71.9 Å². The molecule has 9 heteroatoms.